The molecule has 0 aliphatic heterocycles. The van der Waals surface area contributed by atoms with Gasteiger partial charge in [-0.05, 0) is 67.8 Å². The lowest BCUT2D eigenvalue weighted by molar-refractivity contribution is 0.319. The van der Waals surface area contributed by atoms with Gasteiger partial charge in [-0.3, -0.25) is 0 Å². The lowest BCUT2D eigenvalue weighted by Gasteiger charge is -2.10. The molecule has 7 heteroatoms. The first kappa shape index (κ1) is 20.1. The van der Waals surface area contributed by atoms with Crippen LogP contribution in [0.5, 0.6) is 5.75 Å². The van der Waals surface area contributed by atoms with Crippen LogP contribution in [0.3, 0.4) is 0 Å². The number of hydrogen-bond acceptors (Lipinski definition) is 6. The molecule has 0 fully saturated rings. The summed E-state index contributed by atoms with van der Waals surface area (Å²) in [4.78, 5) is 12.2. The fourth-order valence-corrected chi connectivity index (χ4v) is 3.58. The summed E-state index contributed by atoms with van der Waals surface area (Å²) in [5, 5.41) is 7.76. The van der Waals surface area contributed by atoms with Crippen LogP contribution in [-0.2, 0) is 0 Å². The number of H-pyrrole nitrogens is 1. The second kappa shape index (κ2) is 9.54. The molecule has 154 valence electrons. The van der Waals surface area contributed by atoms with E-state index in [2.05, 4.69) is 57.0 Å². The summed E-state index contributed by atoms with van der Waals surface area (Å²) >= 11 is 1.83. The van der Waals surface area contributed by atoms with Crippen molar-refractivity contribution >= 4 is 45.8 Å². The molecule has 30 heavy (non-hydrogen) atoms. The Bertz CT molecular complexity index is 1130. The van der Waals surface area contributed by atoms with Gasteiger partial charge in [0.15, 0.2) is 0 Å². The summed E-state index contributed by atoms with van der Waals surface area (Å²) in [6, 6.07) is 18.0. The lowest BCUT2D eigenvalue weighted by atomic mass is 10.2. The van der Waals surface area contributed by atoms with Crippen LogP contribution >= 0.6 is 11.8 Å². The average Bonchev–Trinajstić information content (AvgIpc) is 3.11. The van der Waals surface area contributed by atoms with E-state index in [1.54, 1.807) is 6.20 Å². The number of anilines is 4. The van der Waals surface area contributed by atoms with Gasteiger partial charge in [-0.2, -0.15) is 16.7 Å². The van der Waals surface area contributed by atoms with Crippen LogP contribution in [0.25, 0.3) is 10.9 Å². The Hall–Kier alpha value is -3.19. The van der Waals surface area contributed by atoms with Gasteiger partial charge in [0, 0.05) is 40.2 Å². The highest BCUT2D eigenvalue weighted by molar-refractivity contribution is 7.98. The monoisotopic (exact) mass is 419 g/mol. The maximum absolute atomic E-state index is 5.83. The Morgan fingerprint density at radius 1 is 1.03 bits per heavy atom. The van der Waals surface area contributed by atoms with Crippen LogP contribution in [0.2, 0.25) is 0 Å². The molecule has 6 nitrogen and oxygen atoms in total. The van der Waals surface area contributed by atoms with Crippen LogP contribution in [-0.4, -0.2) is 33.6 Å². The fourth-order valence-electron chi connectivity index (χ4n) is 3.18. The van der Waals surface area contributed by atoms with Gasteiger partial charge in [-0.1, -0.05) is 6.07 Å². The van der Waals surface area contributed by atoms with E-state index in [9.17, 15) is 0 Å². The van der Waals surface area contributed by atoms with Crippen molar-refractivity contribution in [2.24, 2.45) is 0 Å². The van der Waals surface area contributed by atoms with Crippen molar-refractivity contribution in [2.75, 3.05) is 29.2 Å². The Kier molecular flexibility index (Phi) is 6.39. The van der Waals surface area contributed by atoms with Crippen molar-refractivity contribution in [3.63, 3.8) is 0 Å². The van der Waals surface area contributed by atoms with Crippen molar-refractivity contribution in [3.8, 4) is 5.75 Å². The summed E-state index contributed by atoms with van der Waals surface area (Å²) in [6.07, 6.45) is 4.88. The summed E-state index contributed by atoms with van der Waals surface area (Å²) in [5.74, 6) is 3.20. The maximum Gasteiger partial charge on any atom is 0.229 e. The number of fused-ring (bicyclic) bond motifs is 1. The van der Waals surface area contributed by atoms with Crippen LogP contribution in [0.15, 0.2) is 60.8 Å². The first-order valence-electron chi connectivity index (χ1n) is 9.88. The van der Waals surface area contributed by atoms with E-state index in [1.807, 2.05) is 48.2 Å². The summed E-state index contributed by atoms with van der Waals surface area (Å²) in [6.45, 7) is 2.77. The normalized spacial score (nSPS) is 10.9. The zero-order chi connectivity index (χ0) is 20.8. The van der Waals surface area contributed by atoms with Crippen molar-refractivity contribution in [1.82, 2.24) is 15.0 Å². The van der Waals surface area contributed by atoms with Gasteiger partial charge in [0.05, 0.1) is 6.61 Å². The van der Waals surface area contributed by atoms with Crippen LogP contribution < -0.4 is 15.4 Å². The molecule has 2 aromatic carbocycles. The summed E-state index contributed by atoms with van der Waals surface area (Å²) < 4.78 is 5.83. The van der Waals surface area contributed by atoms with Crippen LogP contribution in [0, 0.1) is 6.92 Å². The van der Waals surface area contributed by atoms with Gasteiger partial charge in [-0.15, -0.1) is 0 Å². The largest absolute Gasteiger partial charge is 0.493 e. The quantitative estimate of drug-likeness (QED) is 0.294. The van der Waals surface area contributed by atoms with E-state index < -0.39 is 0 Å². The molecule has 2 heterocycles. The SMILES string of the molecule is CSCCCOc1cccc(Nc2ccnc(Nc3ccc4[nH]c(C)cc4c3)n2)c1. The van der Waals surface area contributed by atoms with Gasteiger partial charge in [-0.25, -0.2) is 4.98 Å². The maximum atomic E-state index is 5.83. The third kappa shape index (κ3) is 5.24. The highest BCUT2D eigenvalue weighted by atomic mass is 32.2. The highest BCUT2D eigenvalue weighted by Gasteiger charge is 2.04. The van der Waals surface area contributed by atoms with E-state index in [1.165, 1.54) is 0 Å². The zero-order valence-electron chi connectivity index (χ0n) is 17.1. The molecule has 0 atom stereocenters. The number of benzene rings is 2. The molecule has 4 rings (SSSR count). The Morgan fingerprint density at radius 3 is 2.83 bits per heavy atom. The van der Waals surface area contributed by atoms with E-state index in [-0.39, 0.29) is 0 Å². The molecule has 0 spiro atoms. The van der Waals surface area contributed by atoms with E-state index in [0.717, 1.165) is 52.5 Å². The number of thioether (sulfide) groups is 1. The van der Waals surface area contributed by atoms with Crippen molar-refractivity contribution < 1.29 is 4.74 Å². The van der Waals surface area contributed by atoms with Crippen molar-refractivity contribution in [1.29, 1.82) is 0 Å². The van der Waals surface area contributed by atoms with Crippen LogP contribution in [0.4, 0.5) is 23.1 Å². The lowest BCUT2D eigenvalue weighted by Crippen LogP contribution is -2.01. The zero-order valence-corrected chi connectivity index (χ0v) is 17.9. The summed E-state index contributed by atoms with van der Waals surface area (Å²) in [7, 11) is 0. The molecule has 2 aromatic heterocycles. The molecule has 0 bridgehead atoms. The van der Waals surface area contributed by atoms with Crippen molar-refractivity contribution in [2.45, 2.75) is 13.3 Å². The highest BCUT2D eigenvalue weighted by Crippen LogP contribution is 2.24. The van der Waals surface area contributed by atoms with E-state index in [0.29, 0.717) is 11.8 Å². The molecule has 0 amide bonds. The van der Waals surface area contributed by atoms with Gasteiger partial charge in [0.1, 0.15) is 11.6 Å². The second-order valence-corrected chi connectivity index (χ2v) is 7.98. The molecule has 0 aliphatic rings. The van der Waals surface area contributed by atoms with Gasteiger partial charge < -0.3 is 20.4 Å². The molecule has 3 N–H and O–H groups in total. The van der Waals surface area contributed by atoms with Crippen LogP contribution in [0.1, 0.15) is 12.1 Å². The molecule has 4 aromatic rings. The van der Waals surface area contributed by atoms with E-state index in [4.69, 9.17) is 4.74 Å². The number of hydrogen-bond donors (Lipinski definition) is 3. The first-order valence-corrected chi connectivity index (χ1v) is 11.3. The third-order valence-electron chi connectivity index (χ3n) is 4.54. The fraction of sp³-hybridized carbons (Fsp3) is 0.217. The number of aromatic amines is 1. The predicted octanol–water partition coefficient (Wildman–Crippen LogP) is 5.89. The molecule has 0 unspecified atom stereocenters. The number of ether oxygens (including phenoxy) is 1. The number of aryl methyl sites for hydroxylation is 1. The molecule has 0 radical (unpaired) electrons. The average molecular weight is 420 g/mol. The molecular weight excluding hydrogens is 394 g/mol. The first-order chi connectivity index (χ1) is 14.7. The predicted molar refractivity (Wildman–Crippen MR) is 127 cm³/mol. The standard InChI is InChI=1S/C23H25N5OS/c1-16-13-17-14-19(7-8-21(17)25-16)27-23-24-10-9-22(28-23)26-18-5-3-6-20(15-18)29-11-4-12-30-2/h3,5-10,13-15,25H,4,11-12H2,1-2H3,(H2,24,26,27,28). The minimum Gasteiger partial charge on any atom is -0.493 e. The Balaban J connectivity index is 1.43. The van der Waals surface area contributed by atoms with E-state index >= 15 is 0 Å². The van der Waals surface area contributed by atoms with Gasteiger partial charge in [0.25, 0.3) is 0 Å². The summed E-state index contributed by atoms with van der Waals surface area (Å²) in [5.41, 5.74) is 4.12. The topological polar surface area (TPSA) is 74.9 Å². The number of rotatable bonds is 9. The Morgan fingerprint density at radius 2 is 1.93 bits per heavy atom. The molecule has 0 saturated carbocycles. The smallest absolute Gasteiger partial charge is 0.229 e. The second-order valence-electron chi connectivity index (χ2n) is 6.99. The number of aromatic nitrogens is 3. The number of nitrogens with zero attached hydrogens (tertiary/aromatic N) is 2. The number of nitrogens with one attached hydrogen (secondary N) is 3. The minimum absolute atomic E-state index is 0.538. The third-order valence-corrected chi connectivity index (χ3v) is 5.23. The van der Waals surface area contributed by atoms with Crippen molar-refractivity contribution in [3.05, 3.63) is 66.5 Å². The molecular formula is C23H25N5OS. The van der Waals surface area contributed by atoms with Gasteiger partial charge in [0.2, 0.25) is 5.95 Å². The molecule has 0 aliphatic carbocycles. The minimum atomic E-state index is 0.538. The Labute approximate surface area is 180 Å². The molecule has 0 saturated heterocycles. The van der Waals surface area contributed by atoms with Gasteiger partial charge >= 0.3 is 0 Å².